The van der Waals surface area contributed by atoms with Crippen LogP contribution >= 0.6 is 15.9 Å². The summed E-state index contributed by atoms with van der Waals surface area (Å²) in [6, 6.07) is 2.34. The second kappa shape index (κ2) is 4.24. The first-order valence-corrected chi connectivity index (χ1v) is 7.65. The second-order valence-corrected chi connectivity index (χ2v) is 6.67. The smallest absolute Gasteiger partial charge is 0.133 e. The van der Waals surface area contributed by atoms with Crippen molar-refractivity contribution in [2.24, 2.45) is 5.73 Å². The van der Waals surface area contributed by atoms with Crippen molar-refractivity contribution in [2.45, 2.75) is 56.9 Å². The minimum atomic E-state index is 0.0269. The number of rotatable bonds is 2. The van der Waals surface area contributed by atoms with E-state index in [0.29, 0.717) is 5.75 Å². The van der Waals surface area contributed by atoms with Gasteiger partial charge in [0.2, 0.25) is 0 Å². The van der Waals surface area contributed by atoms with Crippen molar-refractivity contribution in [2.75, 3.05) is 0 Å². The van der Waals surface area contributed by atoms with Gasteiger partial charge in [0.1, 0.15) is 5.75 Å². The highest BCUT2D eigenvalue weighted by Crippen LogP contribution is 2.55. The van der Waals surface area contributed by atoms with Crippen molar-refractivity contribution in [3.8, 4) is 5.75 Å². The number of hydrogen-bond donors (Lipinski definition) is 2. The maximum absolute atomic E-state index is 10.5. The zero-order chi connectivity index (χ0) is 12.9. The van der Waals surface area contributed by atoms with Gasteiger partial charge < -0.3 is 10.8 Å². The van der Waals surface area contributed by atoms with Gasteiger partial charge >= 0.3 is 0 Å². The van der Waals surface area contributed by atoms with Crippen molar-refractivity contribution in [3.63, 3.8) is 0 Å². The molecule has 0 aromatic heterocycles. The fourth-order valence-corrected chi connectivity index (χ4v) is 3.99. The molecule has 3 heteroatoms. The normalized spacial score (nSPS) is 22.4. The van der Waals surface area contributed by atoms with Crippen molar-refractivity contribution in [3.05, 3.63) is 27.2 Å². The van der Waals surface area contributed by atoms with Crippen LogP contribution in [0.25, 0.3) is 0 Å². The minimum Gasteiger partial charge on any atom is -0.506 e. The van der Waals surface area contributed by atoms with Gasteiger partial charge in [0.05, 0.1) is 4.47 Å². The monoisotopic (exact) mass is 309 g/mol. The molecular weight excluding hydrogens is 290 g/mol. The molecule has 0 bridgehead atoms. The number of phenols is 1. The molecule has 1 fully saturated rings. The molecular formula is C15H20BrNO. The van der Waals surface area contributed by atoms with E-state index in [9.17, 15) is 5.11 Å². The molecule has 0 radical (unpaired) electrons. The van der Waals surface area contributed by atoms with Crippen LogP contribution in [0.4, 0.5) is 0 Å². The lowest BCUT2D eigenvalue weighted by Crippen LogP contribution is -2.32. The van der Waals surface area contributed by atoms with E-state index in [1.165, 1.54) is 24.0 Å². The number of phenolic OH excluding ortho intramolecular Hbond substituents is 1. The third kappa shape index (κ3) is 1.71. The van der Waals surface area contributed by atoms with E-state index >= 15 is 0 Å². The van der Waals surface area contributed by atoms with Gasteiger partial charge in [-0.2, -0.15) is 0 Å². The number of hydrogen-bond acceptors (Lipinski definition) is 2. The molecule has 1 unspecified atom stereocenters. The van der Waals surface area contributed by atoms with Crippen LogP contribution in [0.3, 0.4) is 0 Å². The summed E-state index contributed by atoms with van der Waals surface area (Å²) < 4.78 is 0.918. The minimum absolute atomic E-state index is 0.0269. The van der Waals surface area contributed by atoms with Gasteiger partial charge in [0.25, 0.3) is 0 Å². The van der Waals surface area contributed by atoms with Crippen LogP contribution in [-0.4, -0.2) is 11.1 Å². The van der Waals surface area contributed by atoms with Crippen molar-refractivity contribution in [1.82, 2.24) is 0 Å². The molecule has 3 rings (SSSR count). The van der Waals surface area contributed by atoms with Gasteiger partial charge in [-0.05, 0) is 72.5 Å². The Balaban J connectivity index is 2.14. The Labute approximate surface area is 117 Å². The first-order valence-electron chi connectivity index (χ1n) is 6.85. The maximum atomic E-state index is 10.5. The van der Waals surface area contributed by atoms with Gasteiger partial charge in [0, 0.05) is 17.0 Å². The van der Waals surface area contributed by atoms with E-state index in [4.69, 9.17) is 5.73 Å². The van der Waals surface area contributed by atoms with Gasteiger partial charge in [0.15, 0.2) is 0 Å². The van der Waals surface area contributed by atoms with Crippen LogP contribution in [0.15, 0.2) is 10.5 Å². The predicted molar refractivity (Wildman–Crippen MR) is 77.0 cm³/mol. The zero-order valence-electron chi connectivity index (χ0n) is 10.8. The SMILES string of the molecule is CC(N)C1(c2cc3c(c(Br)c2O)CCCC3)CC1. The molecule has 0 heterocycles. The first-order chi connectivity index (χ1) is 8.56. The summed E-state index contributed by atoms with van der Waals surface area (Å²) in [7, 11) is 0. The third-order valence-electron chi connectivity index (χ3n) is 4.75. The Hall–Kier alpha value is -0.540. The molecule has 0 spiro atoms. The molecule has 1 saturated carbocycles. The highest BCUT2D eigenvalue weighted by atomic mass is 79.9. The van der Waals surface area contributed by atoms with Crippen LogP contribution in [-0.2, 0) is 18.3 Å². The first kappa shape index (κ1) is 12.5. The molecule has 2 aliphatic rings. The quantitative estimate of drug-likeness (QED) is 0.879. The predicted octanol–water partition coefficient (Wildman–Crippen LogP) is 3.41. The van der Waals surface area contributed by atoms with Crippen LogP contribution in [0.5, 0.6) is 5.75 Å². The molecule has 98 valence electrons. The van der Waals surface area contributed by atoms with Gasteiger partial charge in [-0.1, -0.05) is 6.07 Å². The highest BCUT2D eigenvalue weighted by molar-refractivity contribution is 9.10. The number of benzene rings is 1. The van der Waals surface area contributed by atoms with Crippen molar-refractivity contribution >= 4 is 15.9 Å². The second-order valence-electron chi connectivity index (χ2n) is 5.88. The fraction of sp³-hybridized carbons (Fsp3) is 0.600. The van der Waals surface area contributed by atoms with Crippen molar-refractivity contribution in [1.29, 1.82) is 0 Å². The zero-order valence-corrected chi connectivity index (χ0v) is 12.4. The maximum Gasteiger partial charge on any atom is 0.133 e. The summed E-state index contributed by atoms with van der Waals surface area (Å²) in [5.41, 5.74) is 9.95. The average Bonchev–Trinajstić information content (AvgIpc) is 3.15. The number of nitrogens with two attached hydrogens (primary N) is 1. The van der Waals surface area contributed by atoms with E-state index < -0.39 is 0 Å². The number of aromatic hydroxyl groups is 1. The van der Waals surface area contributed by atoms with Crippen LogP contribution in [0.2, 0.25) is 0 Å². The summed E-state index contributed by atoms with van der Waals surface area (Å²) in [6.45, 7) is 2.06. The van der Waals surface area contributed by atoms with E-state index in [-0.39, 0.29) is 11.5 Å². The summed E-state index contributed by atoms with van der Waals surface area (Å²) in [6.07, 6.45) is 6.90. The average molecular weight is 310 g/mol. The molecule has 0 saturated heterocycles. The van der Waals surface area contributed by atoms with E-state index in [0.717, 1.165) is 35.7 Å². The van der Waals surface area contributed by atoms with Gasteiger partial charge in [-0.15, -0.1) is 0 Å². The van der Waals surface area contributed by atoms with Crippen LogP contribution < -0.4 is 5.73 Å². The molecule has 0 amide bonds. The standard InChI is InChI=1S/C15H20BrNO/c1-9(17)15(6-7-15)12-8-10-4-2-3-5-11(10)13(16)14(12)18/h8-9,18H,2-7,17H2,1H3. The molecule has 0 aliphatic heterocycles. The van der Waals surface area contributed by atoms with E-state index in [1.807, 2.05) is 0 Å². The molecule has 18 heavy (non-hydrogen) atoms. The molecule has 1 aromatic rings. The molecule has 2 nitrogen and oxygen atoms in total. The summed E-state index contributed by atoms with van der Waals surface area (Å²) in [4.78, 5) is 0. The number of fused-ring (bicyclic) bond motifs is 1. The topological polar surface area (TPSA) is 46.2 Å². The Kier molecular flexibility index (Phi) is 2.94. The van der Waals surface area contributed by atoms with Crippen LogP contribution in [0, 0.1) is 0 Å². The Bertz CT molecular complexity index is 492. The molecule has 1 atom stereocenters. The molecule has 3 N–H and O–H groups in total. The Morgan fingerprint density at radius 3 is 2.61 bits per heavy atom. The molecule has 1 aromatic carbocycles. The Morgan fingerprint density at radius 2 is 2.00 bits per heavy atom. The van der Waals surface area contributed by atoms with E-state index in [2.05, 4.69) is 28.9 Å². The number of aryl methyl sites for hydroxylation is 1. The van der Waals surface area contributed by atoms with E-state index in [1.54, 1.807) is 0 Å². The fourth-order valence-electron chi connectivity index (χ4n) is 3.33. The molecule has 2 aliphatic carbocycles. The lowest BCUT2D eigenvalue weighted by molar-refractivity contribution is 0.441. The summed E-state index contributed by atoms with van der Waals surface area (Å²) in [5.74, 6) is 0.436. The number of halogens is 1. The highest BCUT2D eigenvalue weighted by Gasteiger charge is 2.49. The summed E-state index contributed by atoms with van der Waals surface area (Å²) >= 11 is 3.60. The van der Waals surface area contributed by atoms with Gasteiger partial charge in [-0.25, -0.2) is 0 Å². The van der Waals surface area contributed by atoms with Crippen LogP contribution in [0.1, 0.15) is 49.3 Å². The Morgan fingerprint density at radius 1 is 1.33 bits per heavy atom. The lowest BCUT2D eigenvalue weighted by atomic mass is 9.83. The van der Waals surface area contributed by atoms with Gasteiger partial charge in [-0.3, -0.25) is 0 Å². The summed E-state index contributed by atoms with van der Waals surface area (Å²) in [5, 5.41) is 10.5. The largest absolute Gasteiger partial charge is 0.506 e. The lowest BCUT2D eigenvalue weighted by Gasteiger charge is -2.26. The van der Waals surface area contributed by atoms with Crippen molar-refractivity contribution < 1.29 is 5.11 Å². The third-order valence-corrected chi connectivity index (χ3v) is 5.61.